The van der Waals surface area contributed by atoms with Crippen molar-refractivity contribution in [3.63, 3.8) is 0 Å². The molecule has 0 bridgehead atoms. The van der Waals surface area contributed by atoms with Crippen LogP contribution in [0.1, 0.15) is 13.8 Å². The minimum absolute atomic E-state index is 0.262. The molecule has 106 valence electrons. The fourth-order valence-electron chi connectivity index (χ4n) is 1.41. The Morgan fingerprint density at radius 3 is 2.68 bits per heavy atom. The Morgan fingerprint density at radius 1 is 1.58 bits per heavy atom. The summed E-state index contributed by atoms with van der Waals surface area (Å²) in [5, 5.41) is 11.2. The van der Waals surface area contributed by atoms with Crippen molar-refractivity contribution in [2.24, 2.45) is 10.9 Å². The maximum absolute atomic E-state index is 13.1. The Morgan fingerprint density at radius 2 is 2.21 bits per heavy atom. The Kier molecular flexibility index (Phi) is 4.78. The molecular weight excluding hydrogens is 275 g/mol. The molecular formula is C10H15FN4O3S. The van der Waals surface area contributed by atoms with Crippen molar-refractivity contribution in [1.82, 2.24) is 9.29 Å². The van der Waals surface area contributed by atoms with E-state index in [4.69, 9.17) is 10.9 Å². The maximum Gasteiger partial charge on any atom is 0.245 e. The highest BCUT2D eigenvalue weighted by atomic mass is 32.2. The van der Waals surface area contributed by atoms with Gasteiger partial charge in [0.05, 0.1) is 12.7 Å². The largest absolute Gasteiger partial charge is 0.409 e. The van der Waals surface area contributed by atoms with E-state index in [1.807, 2.05) is 0 Å². The summed E-state index contributed by atoms with van der Waals surface area (Å²) in [5.74, 6) is -1.02. The van der Waals surface area contributed by atoms with Crippen LogP contribution in [0.3, 0.4) is 0 Å². The SMILES string of the molecule is CC(C)N(CC(N)=NO)S(=O)(=O)c1cncc(F)c1. The Bertz CT molecular complexity index is 574. The van der Waals surface area contributed by atoms with E-state index >= 15 is 0 Å². The normalized spacial score (nSPS) is 13.2. The number of oxime groups is 1. The van der Waals surface area contributed by atoms with Crippen molar-refractivity contribution >= 4 is 15.9 Å². The lowest BCUT2D eigenvalue weighted by Crippen LogP contribution is -2.42. The number of halogens is 1. The van der Waals surface area contributed by atoms with Gasteiger partial charge in [-0.2, -0.15) is 4.31 Å². The number of nitrogens with zero attached hydrogens (tertiary/aromatic N) is 3. The molecule has 1 rings (SSSR count). The monoisotopic (exact) mass is 290 g/mol. The zero-order valence-electron chi connectivity index (χ0n) is 10.5. The smallest absolute Gasteiger partial charge is 0.245 e. The van der Waals surface area contributed by atoms with E-state index < -0.39 is 21.9 Å². The van der Waals surface area contributed by atoms with Crippen molar-refractivity contribution in [3.8, 4) is 0 Å². The summed E-state index contributed by atoms with van der Waals surface area (Å²) in [4.78, 5) is 3.21. The van der Waals surface area contributed by atoms with Gasteiger partial charge in [-0.1, -0.05) is 5.16 Å². The summed E-state index contributed by atoms with van der Waals surface area (Å²) in [7, 11) is -3.97. The summed E-state index contributed by atoms with van der Waals surface area (Å²) in [5.41, 5.74) is 5.32. The third-order valence-electron chi connectivity index (χ3n) is 2.31. The topological polar surface area (TPSA) is 109 Å². The number of nitrogens with two attached hydrogens (primary N) is 1. The summed E-state index contributed by atoms with van der Waals surface area (Å²) in [6, 6.07) is 0.415. The Balaban J connectivity index is 3.21. The van der Waals surface area contributed by atoms with Crippen LogP contribution in [-0.4, -0.2) is 41.3 Å². The molecule has 3 N–H and O–H groups in total. The fraction of sp³-hybridized carbons (Fsp3) is 0.400. The number of aromatic nitrogens is 1. The van der Waals surface area contributed by atoms with Crippen molar-refractivity contribution in [2.45, 2.75) is 24.8 Å². The molecule has 0 radical (unpaired) electrons. The lowest BCUT2D eigenvalue weighted by Gasteiger charge is -2.25. The van der Waals surface area contributed by atoms with E-state index in [2.05, 4.69) is 10.1 Å². The quantitative estimate of drug-likeness (QED) is 0.352. The van der Waals surface area contributed by atoms with E-state index in [-0.39, 0.29) is 17.3 Å². The van der Waals surface area contributed by atoms with Gasteiger partial charge >= 0.3 is 0 Å². The van der Waals surface area contributed by atoms with Gasteiger partial charge in [-0.05, 0) is 19.9 Å². The lowest BCUT2D eigenvalue weighted by molar-refractivity contribution is 0.312. The molecule has 1 aromatic rings. The lowest BCUT2D eigenvalue weighted by atomic mass is 10.4. The number of hydrogen-bond donors (Lipinski definition) is 2. The second-order valence-corrected chi connectivity index (χ2v) is 5.96. The first-order chi connectivity index (χ1) is 8.78. The number of rotatable bonds is 5. The number of amidine groups is 1. The summed E-state index contributed by atoms with van der Waals surface area (Å²) in [6.07, 6.45) is 1.95. The van der Waals surface area contributed by atoms with Gasteiger partial charge in [-0.15, -0.1) is 0 Å². The molecule has 0 saturated carbocycles. The van der Waals surface area contributed by atoms with E-state index in [0.29, 0.717) is 0 Å². The first-order valence-electron chi connectivity index (χ1n) is 5.38. The van der Waals surface area contributed by atoms with Crippen molar-refractivity contribution in [2.75, 3.05) is 6.54 Å². The highest BCUT2D eigenvalue weighted by Crippen LogP contribution is 2.17. The standard InChI is InChI=1S/C10H15FN4O3S/c1-7(2)15(6-10(12)14-16)19(17,18)9-3-8(11)4-13-5-9/h3-5,7,16H,6H2,1-2H3,(H2,12,14). The third-order valence-corrected chi connectivity index (χ3v) is 4.30. The van der Waals surface area contributed by atoms with E-state index in [1.165, 1.54) is 0 Å². The zero-order valence-corrected chi connectivity index (χ0v) is 11.3. The summed E-state index contributed by atoms with van der Waals surface area (Å²) < 4.78 is 38.7. The Hall–Kier alpha value is -1.74. The molecule has 0 aliphatic carbocycles. The predicted octanol–water partition coefficient (Wildman–Crippen LogP) is 0.366. The van der Waals surface area contributed by atoms with Crippen LogP contribution in [0.4, 0.5) is 4.39 Å². The first kappa shape index (κ1) is 15.3. The minimum Gasteiger partial charge on any atom is -0.409 e. The number of hydrogen-bond acceptors (Lipinski definition) is 5. The van der Waals surface area contributed by atoms with Crippen LogP contribution in [0.5, 0.6) is 0 Å². The van der Waals surface area contributed by atoms with Crippen LogP contribution in [-0.2, 0) is 10.0 Å². The average Bonchev–Trinajstić information content (AvgIpc) is 2.34. The summed E-state index contributed by atoms with van der Waals surface area (Å²) in [6.45, 7) is 2.94. The third kappa shape index (κ3) is 3.61. The van der Waals surface area contributed by atoms with Crippen molar-refractivity contribution in [1.29, 1.82) is 0 Å². The molecule has 1 aromatic heterocycles. The van der Waals surface area contributed by atoms with Gasteiger partial charge in [0.2, 0.25) is 10.0 Å². The van der Waals surface area contributed by atoms with Crippen LogP contribution >= 0.6 is 0 Å². The molecule has 0 fully saturated rings. The van der Waals surface area contributed by atoms with Gasteiger partial charge < -0.3 is 10.9 Å². The van der Waals surface area contributed by atoms with Crippen LogP contribution in [0.25, 0.3) is 0 Å². The molecule has 0 saturated heterocycles. The fourth-order valence-corrected chi connectivity index (χ4v) is 2.99. The minimum atomic E-state index is -3.97. The van der Waals surface area contributed by atoms with Crippen LogP contribution < -0.4 is 5.73 Å². The first-order valence-corrected chi connectivity index (χ1v) is 6.82. The molecule has 1 heterocycles. The summed E-state index contributed by atoms with van der Waals surface area (Å²) >= 11 is 0. The molecule has 0 atom stereocenters. The molecule has 9 heteroatoms. The molecule has 0 aliphatic heterocycles. The molecule has 0 unspecified atom stereocenters. The van der Waals surface area contributed by atoms with Crippen LogP contribution in [0.2, 0.25) is 0 Å². The van der Waals surface area contributed by atoms with Crippen LogP contribution in [0, 0.1) is 5.82 Å². The predicted molar refractivity (Wildman–Crippen MR) is 66.6 cm³/mol. The molecule has 0 amide bonds. The molecule has 0 aliphatic rings. The van der Waals surface area contributed by atoms with Gasteiger partial charge in [0.25, 0.3) is 0 Å². The second kappa shape index (κ2) is 5.93. The maximum atomic E-state index is 13.1. The second-order valence-electron chi connectivity index (χ2n) is 4.07. The van der Waals surface area contributed by atoms with Crippen molar-refractivity contribution in [3.05, 3.63) is 24.3 Å². The Labute approximate surface area is 110 Å². The molecule has 7 nitrogen and oxygen atoms in total. The van der Waals surface area contributed by atoms with Gasteiger partial charge in [0.1, 0.15) is 10.7 Å². The number of pyridine rings is 1. The van der Waals surface area contributed by atoms with Gasteiger partial charge in [0.15, 0.2) is 5.84 Å². The number of sulfonamides is 1. The molecule has 0 spiro atoms. The highest BCUT2D eigenvalue weighted by Gasteiger charge is 2.28. The zero-order chi connectivity index (χ0) is 14.6. The van der Waals surface area contributed by atoms with E-state index in [0.717, 1.165) is 22.8 Å². The van der Waals surface area contributed by atoms with E-state index in [9.17, 15) is 12.8 Å². The van der Waals surface area contributed by atoms with Gasteiger partial charge in [0, 0.05) is 12.2 Å². The highest BCUT2D eigenvalue weighted by molar-refractivity contribution is 7.89. The van der Waals surface area contributed by atoms with Crippen molar-refractivity contribution < 1.29 is 18.0 Å². The van der Waals surface area contributed by atoms with E-state index in [1.54, 1.807) is 13.8 Å². The average molecular weight is 290 g/mol. The molecule has 0 aromatic carbocycles. The van der Waals surface area contributed by atoms with Gasteiger partial charge in [-0.3, -0.25) is 4.98 Å². The van der Waals surface area contributed by atoms with Crippen LogP contribution in [0.15, 0.2) is 28.5 Å². The van der Waals surface area contributed by atoms with Gasteiger partial charge in [-0.25, -0.2) is 12.8 Å². The molecule has 19 heavy (non-hydrogen) atoms.